The van der Waals surface area contributed by atoms with E-state index in [1.807, 2.05) is 12.1 Å². The number of aromatic nitrogens is 2. The molecule has 2 fully saturated rings. The van der Waals surface area contributed by atoms with Crippen molar-refractivity contribution in [3.8, 4) is 5.75 Å². The van der Waals surface area contributed by atoms with Gasteiger partial charge in [0.25, 0.3) is 0 Å². The Morgan fingerprint density at radius 1 is 1.25 bits per heavy atom. The van der Waals surface area contributed by atoms with E-state index in [0.717, 1.165) is 43.6 Å². The monoisotopic (exact) mass is 348 g/mol. The largest absolute Gasteiger partial charge is 0.495 e. The van der Waals surface area contributed by atoms with Crippen LogP contribution in [-0.4, -0.2) is 54.8 Å². The first-order chi connectivity index (χ1) is 11.7. The summed E-state index contributed by atoms with van der Waals surface area (Å²) in [5.74, 6) is 2.41. The van der Waals surface area contributed by atoms with Gasteiger partial charge in [-0.15, -0.1) is 0 Å². The Morgan fingerprint density at radius 3 is 2.71 bits per heavy atom. The number of hydrogen-bond acceptors (Lipinski definition) is 4. The van der Waals surface area contributed by atoms with Crippen molar-refractivity contribution in [3.05, 3.63) is 23.0 Å². The molecule has 4 rings (SSSR count). The van der Waals surface area contributed by atoms with Gasteiger partial charge in [-0.1, -0.05) is 11.6 Å². The molecule has 0 bridgehead atoms. The van der Waals surface area contributed by atoms with Crippen LogP contribution in [0.15, 0.2) is 12.1 Å². The zero-order valence-electron chi connectivity index (χ0n) is 14.4. The summed E-state index contributed by atoms with van der Waals surface area (Å²) >= 11 is 6.42. The van der Waals surface area contributed by atoms with Gasteiger partial charge in [-0.3, -0.25) is 0 Å². The van der Waals surface area contributed by atoms with Crippen molar-refractivity contribution in [2.24, 2.45) is 0 Å². The summed E-state index contributed by atoms with van der Waals surface area (Å²) in [5, 5.41) is 4.14. The van der Waals surface area contributed by atoms with Crippen molar-refractivity contribution >= 4 is 22.6 Å². The molecule has 0 amide bonds. The van der Waals surface area contributed by atoms with Crippen molar-refractivity contribution in [2.45, 2.75) is 31.2 Å². The molecular weight excluding hydrogens is 324 g/mol. The minimum atomic E-state index is 0.488. The average Bonchev–Trinajstić information content (AvgIpc) is 3.22. The number of imidazole rings is 1. The fourth-order valence-electron chi connectivity index (χ4n) is 4.07. The molecule has 0 aliphatic carbocycles. The van der Waals surface area contributed by atoms with Crippen LogP contribution in [-0.2, 0) is 0 Å². The van der Waals surface area contributed by atoms with Gasteiger partial charge in [0.1, 0.15) is 11.6 Å². The maximum atomic E-state index is 6.42. The molecule has 1 atom stereocenters. The smallest absolute Gasteiger partial charge is 0.139 e. The van der Waals surface area contributed by atoms with Gasteiger partial charge in [-0.05, 0) is 52.0 Å². The zero-order chi connectivity index (χ0) is 16.7. The lowest BCUT2D eigenvalue weighted by atomic mass is 10.0. The molecule has 0 unspecified atom stereocenters. The summed E-state index contributed by atoms with van der Waals surface area (Å²) in [6.07, 6.45) is 3.48. The van der Waals surface area contributed by atoms with Crippen LogP contribution in [0.4, 0.5) is 0 Å². The molecule has 3 heterocycles. The van der Waals surface area contributed by atoms with Crippen molar-refractivity contribution in [3.63, 3.8) is 0 Å². The van der Waals surface area contributed by atoms with Gasteiger partial charge in [0.15, 0.2) is 0 Å². The molecule has 0 saturated carbocycles. The van der Waals surface area contributed by atoms with Gasteiger partial charge < -0.3 is 19.5 Å². The van der Waals surface area contributed by atoms with Crippen LogP contribution in [0.1, 0.15) is 37.0 Å². The van der Waals surface area contributed by atoms with Gasteiger partial charge in [0.2, 0.25) is 0 Å². The SMILES string of the molecule is COc1cc2nc([C@@H]3CCNC3)n(C3CCN(C)CC3)c2cc1Cl. The van der Waals surface area contributed by atoms with E-state index in [2.05, 4.69) is 21.8 Å². The predicted molar refractivity (Wildman–Crippen MR) is 97.3 cm³/mol. The summed E-state index contributed by atoms with van der Waals surface area (Å²) in [5.41, 5.74) is 2.15. The van der Waals surface area contributed by atoms with Gasteiger partial charge >= 0.3 is 0 Å². The quantitative estimate of drug-likeness (QED) is 0.925. The first-order valence-corrected chi connectivity index (χ1v) is 9.20. The number of hydrogen-bond donors (Lipinski definition) is 1. The van der Waals surface area contributed by atoms with E-state index in [4.69, 9.17) is 21.3 Å². The normalized spacial score (nSPS) is 23.2. The third-order valence-electron chi connectivity index (χ3n) is 5.47. The van der Waals surface area contributed by atoms with E-state index < -0.39 is 0 Å². The molecule has 0 spiro atoms. The molecule has 130 valence electrons. The zero-order valence-corrected chi connectivity index (χ0v) is 15.1. The molecule has 24 heavy (non-hydrogen) atoms. The number of methoxy groups -OCH3 is 1. The third kappa shape index (κ3) is 2.79. The number of piperidine rings is 1. The fourth-order valence-corrected chi connectivity index (χ4v) is 4.31. The van der Waals surface area contributed by atoms with Crippen LogP contribution in [0.3, 0.4) is 0 Å². The lowest BCUT2D eigenvalue weighted by Crippen LogP contribution is -2.32. The summed E-state index contributed by atoms with van der Waals surface area (Å²) in [7, 11) is 3.86. The molecule has 0 radical (unpaired) electrons. The molecule has 1 aromatic heterocycles. The van der Waals surface area contributed by atoms with Crippen molar-refractivity contribution in [1.82, 2.24) is 19.8 Å². The number of ether oxygens (including phenoxy) is 1. The number of fused-ring (bicyclic) bond motifs is 1. The second-order valence-corrected chi connectivity index (χ2v) is 7.45. The first kappa shape index (κ1) is 16.2. The number of rotatable bonds is 3. The van der Waals surface area contributed by atoms with E-state index in [9.17, 15) is 0 Å². The number of nitrogens with zero attached hydrogens (tertiary/aromatic N) is 3. The van der Waals surface area contributed by atoms with E-state index in [-0.39, 0.29) is 0 Å². The molecule has 6 heteroatoms. The standard InChI is InChI=1S/C18H25ClN4O/c1-22-7-4-13(5-8-22)23-16-9-14(19)17(24-2)10-15(16)21-18(23)12-3-6-20-11-12/h9-10,12-13,20H,3-8,11H2,1-2H3/t12-/m1/s1. The molecule has 2 saturated heterocycles. The predicted octanol–water partition coefficient (Wildman–Crippen LogP) is 3.04. The second kappa shape index (κ2) is 6.54. The number of likely N-dealkylation sites (tertiary alicyclic amines) is 1. The Morgan fingerprint density at radius 2 is 2.04 bits per heavy atom. The minimum Gasteiger partial charge on any atom is -0.495 e. The van der Waals surface area contributed by atoms with Crippen LogP contribution in [0.5, 0.6) is 5.75 Å². The summed E-state index contributed by atoms with van der Waals surface area (Å²) in [4.78, 5) is 7.41. The van der Waals surface area contributed by atoms with Crippen molar-refractivity contribution in [1.29, 1.82) is 0 Å². The highest BCUT2D eigenvalue weighted by molar-refractivity contribution is 6.32. The summed E-state index contributed by atoms with van der Waals surface area (Å²) in [6.45, 7) is 4.36. The van der Waals surface area contributed by atoms with Crippen LogP contribution in [0, 0.1) is 0 Å². The highest BCUT2D eigenvalue weighted by atomic mass is 35.5. The molecular formula is C18H25ClN4O. The third-order valence-corrected chi connectivity index (χ3v) is 5.76. The lowest BCUT2D eigenvalue weighted by molar-refractivity contribution is 0.220. The topological polar surface area (TPSA) is 42.3 Å². The summed E-state index contributed by atoms with van der Waals surface area (Å²) < 4.78 is 7.86. The maximum Gasteiger partial charge on any atom is 0.139 e. The maximum absolute atomic E-state index is 6.42. The van der Waals surface area contributed by atoms with E-state index in [0.29, 0.717) is 22.7 Å². The van der Waals surface area contributed by atoms with Gasteiger partial charge in [-0.25, -0.2) is 4.98 Å². The van der Waals surface area contributed by atoms with E-state index in [1.54, 1.807) is 7.11 Å². The Bertz CT molecular complexity index is 730. The Hall–Kier alpha value is -1.30. The van der Waals surface area contributed by atoms with Crippen LogP contribution in [0.25, 0.3) is 11.0 Å². The molecule has 1 aromatic carbocycles. The Kier molecular flexibility index (Phi) is 4.41. The van der Waals surface area contributed by atoms with Gasteiger partial charge in [0.05, 0.1) is 23.2 Å². The van der Waals surface area contributed by atoms with Gasteiger partial charge in [0, 0.05) is 24.6 Å². The second-order valence-electron chi connectivity index (χ2n) is 7.04. The molecule has 1 N–H and O–H groups in total. The lowest BCUT2D eigenvalue weighted by Gasteiger charge is -2.32. The number of benzene rings is 1. The van der Waals surface area contributed by atoms with Crippen molar-refractivity contribution in [2.75, 3.05) is 40.3 Å². The number of nitrogens with one attached hydrogen (secondary N) is 1. The van der Waals surface area contributed by atoms with Crippen LogP contribution >= 0.6 is 11.6 Å². The molecule has 2 aliphatic heterocycles. The minimum absolute atomic E-state index is 0.488. The average molecular weight is 349 g/mol. The first-order valence-electron chi connectivity index (χ1n) is 8.82. The highest BCUT2D eigenvalue weighted by Gasteiger charge is 2.29. The summed E-state index contributed by atoms with van der Waals surface area (Å²) in [6, 6.07) is 4.52. The van der Waals surface area contributed by atoms with E-state index in [1.165, 1.54) is 18.7 Å². The number of halogens is 1. The molecule has 2 aromatic rings. The molecule has 2 aliphatic rings. The fraction of sp³-hybridized carbons (Fsp3) is 0.611. The molecule has 5 nitrogen and oxygen atoms in total. The van der Waals surface area contributed by atoms with Crippen LogP contribution < -0.4 is 10.1 Å². The van der Waals surface area contributed by atoms with Crippen molar-refractivity contribution < 1.29 is 4.74 Å². The Balaban J connectivity index is 1.83. The van der Waals surface area contributed by atoms with E-state index >= 15 is 0 Å². The highest BCUT2D eigenvalue weighted by Crippen LogP contribution is 2.37. The van der Waals surface area contributed by atoms with Crippen LogP contribution in [0.2, 0.25) is 5.02 Å². The Labute approximate surface area is 147 Å². The van der Waals surface area contributed by atoms with Gasteiger partial charge in [-0.2, -0.15) is 0 Å².